The van der Waals surface area contributed by atoms with Crippen molar-refractivity contribution in [3.8, 4) is 0 Å². The van der Waals surface area contributed by atoms with Crippen LogP contribution in [0, 0.1) is 0 Å². The molecule has 0 bridgehead atoms. The Morgan fingerprint density at radius 3 is 3.10 bits per heavy atom. The van der Waals surface area contributed by atoms with Crippen LogP contribution in [0.4, 0.5) is 0 Å². The van der Waals surface area contributed by atoms with E-state index in [0.717, 1.165) is 12.8 Å². The summed E-state index contributed by atoms with van der Waals surface area (Å²) in [6.45, 7) is 2.02. The molecule has 1 aromatic rings. The van der Waals surface area contributed by atoms with E-state index in [1.54, 1.807) is 11.3 Å². The van der Waals surface area contributed by atoms with E-state index in [-0.39, 0.29) is 0 Å². The largest absolute Gasteiger partial charge is 0.328 e. The van der Waals surface area contributed by atoms with Crippen LogP contribution in [0.5, 0.6) is 0 Å². The Hall–Kier alpha value is -0.410. The van der Waals surface area contributed by atoms with Crippen LogP contribution in [0.1, 0.15) is 18.4 Å². The lowest BCUT2D eigenvalue weighted by Crippen LogP contribution is -2.15. The predicted octanol–water partition coefficient (Wildman–Crippen LogP) is 1.42. The monoisotopic (exact) mass is 156 g/mol. The molecule has 2 nitrogen and oxygen atoms in total. The van der Waals surface area contributed by atoms with Crippen molar-refractivity contribution in [2.75, 3.05) is 0 Å². The van der Waals surface area contributed by atoms with Crippen molar-refractivity contribution in [2.45, 2.75) is 25.8 Å². The van der Waals surface area contributed by atoms with Crippen molar-refractivity contribution in [2.24, 2.45) is 5.73 Å². The number of aromatic nitrogens is 1. The molecule has 0 unspecified atom stereocenters. The van der Waals surface area contributed by atoms with Crippen molar-refractivity contribution in [3.63, 3.8) is 0 Å². The smallest absolute Gasteiger partial charge is 0.0925 e. The van der Waals surface area contributed by atoms with Crippen molar-refractivity contribution in [3.05, 3.63) is 16.6 Å². The Balaban J connectivity index is 2.28. The molecule has 0 aliphatic rings. The SMILES string of the molecule is C[C@H](N)CCc1nccs1. The number of aryl methyl sites for hydroxylation is 1. The molecule has 0 aliphatic heterocycles. The third-order valence-electron chi connectivity index (χ3n) is 1.30. The summed E-state index contributed by atoms with van der Waals surface area (Å²) in [4.78, 5) is 4.15. The minimum atomic E-state index is 0.295. The van der Waals surface area contributed by atoms with Crippen LogP contribution in [-0.2, 0) is 6.42 Å². The second-order valence-electron chi connectivity index (χ2n) is 2.44. The number of nitrogens with zero attached hydrogens (tertiary/aromatic N) is 1. The van der Waals surface area contributed by atoms with E-state index in [4.69, 9.17) is 5.73 Å². The molecule has 0 amide bonds. The molecular weight excluding hydrogens is 144 g/mol. The van der Waals surface area contributed by atoms with E-state index in [2.05, 4.69) is 4.98 Å². The van der Waals surface area contributed by atoms with E-state index >= 15 is 0 Å². The van der Waals surface area contributed by atoms with Crippen LogP contribution in [0.15, 0.2) is 11.6 Å². The zero-order chi connectivity index (χ0) is 7.40. The van der Waals surface area contributed by atoms with Crippen LogP contribution >= 0.6 is 11.3 Å². The Morgan fingerprint density at radius 1 is 1.80 bits per heavy atom. The maximum atomic E-state index is 5.59. The Morgan fingerprint density at radius 2 is 2.60 bits per heavy atom. The molecule has 1 rings (SSSR count). The lowest BCUT2D eigenvalue weighted by Gasteiger charge is -2.00. The van der Waals surface area contributed by atoms with Gasteiger partial charge in [-0.1, -0.05) is 0 Å². The first-order chi connectivity index (χ1) is 4.79. The van der Waals surface area contributed by atoms with Gasteiger partial charge in [0.25, 0.3) is 0 Å². The van der Waals surface area contributed by atoms with Gasteiger partial charge in [-0.15, -0.1) is 11.3 Å². The Kier molecular flexibility index (Phi) is 2.83. The molecule has 2 N–H and O–H groups in total. The third kappa shape index (κ3) is 2.45. The quantitative estimate of drug-likeness (QED) is 0.719. The van der Waals surface area contributed by atoms with Gasteiger partial charge in [0.05, 0.1) is 5.01 Å². The first-order valence-corrected chi connectivity index (χ1v) is 4.31. The molecule has 1 heterocycles. The molecule has 0 radical (unpaired) electrons. The molecule has 0 aliphatic carbocycles. The fourth-order valence-electron chi connectivity index (χ4n) is 0.728. The molecule has 0 spiro atoms. The van der Waals surface area contributed by atoms with Gasteiger partial charge in [0.15, 0.2) is 0 Å². The van der Waals surface area contributed by atoms with Crippen LogP contribution < -0.4 is 5.73 Å². The van der Waals surface area contributed by atoms with Crippen LogP contribution in [0.25, 0.3) is 0 Å². The van der Waals surface area contributed by atoms with E-state index in [0.29, 0.717) is 6.04 Å². The molecule has 0 saturated carbocycles. The fourth-order valence-corrected chi connectivity index (χ4v) is 1.36. The lowest BCUT2D eigenvalue weighted by molar-refractivity contribution is 0.664. The zero-order valence-corrected chi connectivity index (χ0v) is 6.90. The zero-order valence-electron chi connectivity index (χ0n) is 6.08. The standard InChI is InChI=1S/C7H12N2S/c1-6(8)2-3-7-9-4-5-10-7/h4-6H,2-3,8H2,1H3/t6-/m0/s1. The molecule has 0 fully saturated rings. The second kappa shape index (κ2) is 3.68. The highest BCUT2D eigenvalue weighted by atomic mass is 32.1. The van der Waals surface area contributed by atoms with Gasteiger partial charge >= 0.3 is 0 Å². The summed E-state index contributed by atoms with van der Waals surface area (Å²) in [6, 6.07) is 0.295. The van der Waals surface area contributed by atoms with E-state index in [9.17, 15) is 0 Å². The number of nitrogens with two attached hydrogens (primary N) is 1. The van der Waals surface area contributed by atoms with Crippen LogP contribution in [0.2, 0.25) is 0 Å². The minimum absolute atomic E-state index is 0.295. The normalized spacial score (nSPS) is 13.4. The maximum Gasteiger partial charge on any atom is 0.0925 e. The molecule has 10 heavy (non-hydrogen) atoms. The fraction of sp³-hybridized carbons (Fsp3) is 0.571. The number of thiazole rings is 1. The van der Waals surface area contributed by atoms with Crippen LogP contribution in [-0.4, -0.2) is 11.0 Å². The van der Waals surface area contributed by atoms with Gasteiger partial charge in [-0.2, -0.15) is 0 Å². The van der Waals surface area contributed by atoms with Gasteiger partial charge in [-0.25, -0.2) is 4.98 Å². The first kappa shape index (κ1) is 7.69. The number of rotatable bonds is 3. The Bertz CT molecular complexity index is 170. The Labute approximate surface area is 65.1 Å². The minimum Gasteiger partial charge on any atom is -0.328 e. The van der Waals surface area contributed by atoms with E-state index < -0.39 is 0 Å². The number of hydrogen-bond acceptors (Lipinski definition) is 3. The van der Waals surface area contributed by atoms with Gasteiger partial charge in [-0.3, -0.25) is 0 Å². The molecule has 0 aromatic carbocycles. The molecular formula is C7H12N2S. The summed E-state index contributed by atoms with van der Waals surface area (Å²) in [7, 11) is 0. The average molecular weight is 156 g/mol. The molecule has 1 aromatic heterocycles. The number of hydrogen-bond donors (Lipinski definition) is 1. The lowest BCUT2D eigenvalue weighted by atomic mass is 10.2. The topological polar surface area (TPSA) is 38.9 Å². The molecule has 0 saturated heterocycles. The molecule has 1 atom stereocenters. The van der Waals surface area contributed by atoms with Crippen molar-refractivity contribution in [1.82, 2.24) is 4.98 Å². The third-order valence-corrected chi connectivity index (χ3v) is 2.14. The van der Waals surface area contributed by atoms with E-state index in [1.807, 2.05) is 18.5 Å². The summed E-state index contributed by atoms with van der Waals surface area (Å²) in [5.41, 5.74) is 5.59. The van der Waals surface area contributed by atoms with Gasteiger partial charge < -0.3 is 5.73 Å². The maximum absolute atomic E-state index is 5.59. The van der Waals surface area contributed by atoms with Crippen molar-refractivity contribution < 1.29 is 0 Å². The predicted molar refractivity (Wildman–Crippen MR) is 44.1 cm³/mol. The summed E-state index contributed by atoms with van der Waals surface area (Å²) in [5, 5.41) is 3.19. The van der Waals surface area contributed by atoms with E-state index in [1.165, 1.54) is 5.01 Å². The van der Waals surface area contributed by atoms with Gasteiger partial charge in [0, 0.05) is 24.0 Å². The summed E-state index contributed by atoms with van der Waals surface area (Å²) >= 11 is 1.70. The highest BCUT2D eigenvalue weighted by Crippen LogP contribution is 2.07. The van der Waals surface area contributed by atoms with Crippen molar-refractivity contribution >= 4 is 11.3 Å². The summed E-state index contributed by atoms with van der Waals surface area (Å²) < 4.78 is 0. The average Bonchev–Trinajstić information content (AvgIpc) is 2.34. The van der Waals surface area contributed by atoms with Gasteiger partial charge in [0.2, 0.25) is 0 Å². The van der Waals surface area contributed by atoms with Crippen molar-refractivity contribution in [1.29, 1.82) is 0 Å². The molecule has 3 heteroatoms. The summed E-state index contributed by atoms with van der Waals surface area (Å²) in [6.07, 6.45) is 3.89. The second-order valence-corrected chi connectivity index (χ2v) is 3.42. The van der Waals surface area contributed by atoms with Gasteiger partial charge in [0.1, 0.15) is 0 Å². The highest BCUT2D eigenvalue weighted by molar-refractivity contribution is 7.09. The molecule has 56 valence electrons. The van der Waals surface area contributed by atoms with Gasteiger partial charge in [-0.05, 0) is 13.3 Å². The first-order valence-electron chi connectivity index (χ1n) is 3.43. The highest BCUT2D eigenvalue weighted by Gasteiger charge is 1.97. The summed E-state index contributed by atoms with van der Waals surface area (Å²) in [5.74, 6) is 0. The van der Waals surface area contributed by atoms with Crippen LogP contribution in [0.3, 0.4) is 0 Å².